The van der Waals surface area contributed by atoms with E-state index in [4.69, 9.17) is 0 Å². The summed E-state index contributed by atoms with van der Waals surface area (Å²) in [6.45, 7) is 9.21. The average molecular weight is 521 g/mol. The fourth-order valence-electron chi connectivity index (χ4n) is 9.09. The Hall–Kier alpha value is -1.61. The molecule has 2 fully saturated rings. The third kappa shape index (κ3) is 4.05. The second-order valence-corrected chi connectivity index (χ2v) is 13.3. The summed E-state index contributed by atoms with van der Waals surface area (Å²) < 4.78 is 0. The second-order valence-electron chi connectivity index (χ2n) is 13.3. The van der Waals surface area contributed by atoms with Crippen molar-refractivity contribution in [3.05, 3.63) is 11.1 Å². The van der Waals surface area contributed by atoms with Crippen LogP contribution in [-0.2, 0) is 14.4 Å². The molecule has 5 unspecified atom stereocenters. The average Bonchev–Trinajstić information content (AvgIpc) is 3.01. The summed E-state index contributed by atoms with van der Waals surface area (Å²) in [5, 5.41) is 52.9. The highest BCUT2D eigenvalue weighted by Gasteiger charge is 2.69. The van der Waals surface area contributed by atoms with Crippen molar-refractivity contribution in [1.82, 2.24) is 0 Å². The Morgan fingerprint density at radius 1 is 1.05 bits per heavy atom. The van der Waals surface area contributed by atoms with Gasteiger partial charge in [0.1, 0.15) is 5.78 Å². The number of aliphatic hydroxyl groups excluding tert-OH is 4. The molecule has 0 radical (unpaired) electrons. The number of Topliss-reactive ketones (excluding diaryl/α,β-unsaturated/α-hetero) is 2. The molecule has 0 heterocycles. The van der Waals surface area contributed by atoms with Crippen molar-refractivity contribution >= 4 is 17.5 Å². The van der Waals surface area contributed by atoms with E-state index in [1.54, 1.807) is 0 Å². The number of rotatable bonds is 7. The van der Waals surface area contributed by atoms with Gasteiger partial charge in [-0.1, -0.05) is 34.6 Å². The first-order valence-corrected chi connectivity index (χ1v) is 13.8. The van der Waals surface area contributed by atoms with Crippen molar-refractivity contribution < 1.29 is 39.9 Å². The van der Waals surface area contributed by atoms with Crippen LogP contribution in [0.4, 0.5) is 0 Å². The largest absolute Gasteiger partial charge is 0.481 e. The quantitative estimate of drug-likeness (QED) is 0.343. The number of aliphatic carboxylic acids is 1. The zero-order valence-corrected chi connectivity index (χ0v) is 22.7. The first-order chi connectivity index (χ1) is 17.1. The van der Waals surface area contributed by atoms with E-state index in [1.807, 2.05) is 27.7 Å². The fourth-order valence-corrected chi connectivity index (χ4v) is 9.09. The third-order valence-electron chi connectivity index (χ3n) is 11.4. The lowest BCUT2D eigenvalue weighted by molar-refractivity contribution is -0.143. The highest BCUT2D eigenvalue weighted by Crippen LogP contribution is 2.70. The van der Waals surface area contributed by atoms with Crippen molar-refractivity contribution in [2.45, 2.75) is 97.9 Å². The van der Waals surface area contributed by atoms with Crippen LogP contribution in [0.3, 0.4) is 0 Å². The molecule has 4 aliphatic rings. The summed E-state index contributed by atoms with van der Waals surface area (Å²) >= 11 is 0. The molecule has 8 heteroatoms. The standard InChI is InChI=1S/C29H44O8/c1-14(8-16(31)9-15(2)26(36)37)18-11-23(35)29(5)25-21(33)10-19-17(13-30)20(32)6-7-27(19,3)24(25)22(34)12-28(18,29)4/h14-15,17-21,23,30,32-33,35H,6-13H2,1-5H3,(H,36,37)/t14-,15?,17?,18-,19+,20?,21?,23?,27+,28-,29+/m1/s1. The van der Waals surface area contributed by atoms with Gasteiger partial charge in [-0.3, -0.25) is 14.4 Å². The molecule has 0 bridgehead atoms. The highest BCUT2D eigenvalue weighted by molar-refractivity contribution is 6.00. The molecule has 0 aromatic heterocycles. The van der Waals surface area contributed by atoms with Crippen molar-refractivity contribution in [2.24, 2.45) is 45.8 Å². The molecule has 5 N–H and O–H groups in total. The first kappa shape index (κ1) is 28.4. The molecular weight excluding hydrogens is 476 g/mol. The Balaban J connectivity index is 1.72. The molecule has 0 amide bonds. The summed E-state index contributed by atoms with van der Waals surface area (Å²) in [7, 11) is 0. The monoisotopic (exact) mass is 520 g/mol. The van der Waals surface area contributed by atoms with Crippen molar-refractivity contribution in [1.29, 1.82) is 0 Å². The number of hydrogen-bond acceptors (Lipinski definition) is 7. The number of fused-ring (bicyclic) bond motifs is 4. The van der Waals surface area contributed by atoms with Crippen LogP contribution < -0.4 is 0 Å². The number of carbonyl (C=O) groups is 3. The van der Waals surface area contributed by atoms with E-state index in [-0.39, 0.29) is 55.2 Å². The van der Waals surface area contributed by atoms with Gasteiger partial charge in [-0.05, 0) is 59.8 Å². The van der Waals surface area contributed by atoms with E-state index < -0.39 is 52.4 Å². The molecule has 4 aliphatic carbocycles. The van der Waals surface area contributed by atoms with Crippen LogP contribution >= 0.6 is 0 Å². The van der Waals surface area contributed by atoms with Crippen molar-refractivity contribution in [3.8, 4) is 0 Å². The van der Waals surface area contributed by atoms with Gasteiger partial charge in [-0.25, -0.2) is 0 Å². The number of aliphatic hydroxyl groups is 4. The van der Waals surface area contributed by atoms with Crippen LogP contribution in [0.2, 0.25) is 0 Å². The SMILES string of the molecule is CC(CC(=O)C[C@@H](C)[C@H]1CC(O)[C@@]2(C)C3=C(C(=O)C[C@]12C)[C@@]1(C)CCC(O)C(CO)[C@@H]1CC3O)C(=O)O. The maximum atomic E-state index is 14.0. The van der Waals surface area contributed by atoms with Gasteiger partial charge in [0.15, 0.2) is 5.78 Å². The molecule has 8 nitrogen and oxygen atoms in total. The zero-order chi connectivity index (χ0) is 27.7. The molecule has 11 atom stereocenters. The lowest BCUT2D eigenvalue weighted by Gasteiger charge is -2.60. The second kappa shape index (κ2) is 9.54. The molecule has 208 valence electrons. The van der Waals surface area contributed by atoms with E-state index in [0.717, 1.165) is 0 Å². The summed E-state index contributed by atoms with van der Waals surface area (Å²) in [6.07, 6.45) is -0.392. The Bertz CT molecular complexity index is 1000. The number of carboxylic acids is 1. The van der Waals surface area contributed by atoms with Gasteiger partial charge in [-0.15, -0.1) is 0 Å². The lowest BCUT2D eigenvalue weighted by atomic mass is 9.44. The highest BCUT2D eigenvalue weighted by atomic mass is 16.4. The zero-order valence-electron chi connectivity index (χ0n) is 22.7. The van der Waals surface area contributed by atoms with Crippen LogP contribution in [0.1, 0.15) is 79.6 Å². The molecule has 2 saturated carbocycles. The lowest BCUT2D eigenvalue weighted by Crippen LogP contribution is -2.59. The van der Waals surface area contributed by atoms with Crippen molar-refractivity contribution in [3.63, 3.8) is 0 Å². The molecule has 4 rings (SSSR count). The van der Waals surface area contributed by atoms with E-state index in [0.29, 0.717) is 36.8 Å². The normalized spacial score (nSPS) is 45.1. The van der Waals surface area contributed by atoms with E-state index in [2.05, 4.69) is 0 Å². The number of carboxylic acid groups (broad SMARTS) is 1. The number of allylic oxidation sites excluding steroid dienone is 1. The van der Waals surface area contributed by atoms with Crippen LogP contribution in [0.25, 0.3) is 0 Å². The van der Waals surface area contributed by atoms with Crippen LogP contribution in [-0.4, -0.2) is 68.0 Å². The van der Waals surface area contributed by atoms with E-state index in [9.17, 15) is 39.9 Å². The minimum atomic E-state index is -1.01. The topological polar surface area (TPSA) is 152 Å². The molecular formula is C29H44O8. The minimum Gasteiger partial charge on any atom is -0.481 e. The first-order valence-electron chi connectivity index (χ1n) is 13.8. The van der Waals surface area contributed by atoms with Gasteiger partial charge in [0.05, 0.1) is 24.2 Å². The van der Waals surface area contributed by atoms with Gasteiger partial charge >= 0.3 is 5.97 Å². The summed E-state index contributed by atoms with van der Waals surface area (Å²) in [6, 6.07) is 0. The van der Waals surface area contributed by atoms with Gasteiger partial charge in [0, 0.05) is 42.8 Å². The van der Waals surface area contributed by atoms with Crippen LogP contribution in [0.15, 0.2) is 11.1 Å². The van der Waals surface area contributed by atoms with E-state index >= 15 is 0 Å². The molecule has 0 aliphatic heterocycles. The van der Waals surface area contributed by atoms with Gasteiger partial charge < -0.3 is 25.5 Å². The fraction of sp³-hybridized carbons (Fsp3) is 0.828. The molecule has 0 aromatic rings. The van der Waals surface area contributed by atoms with Crippen molar-refractivity contribution in [2.75, 3.05) is 6.61 Å². The predicted octanol–water partition coefficient (Wildman–Crippen LogP) is 2.51. The molecule has 0 spiro atoms. The van der Waals surface area contributed by atoms with Crippen LogP contribution in [0, 0.1) is 45.8 Å². The maximum Gasteiger partial charge on any atom is 0.306 e. The summed E-state index contributed by atoms with van der Waals surface area (Å²) in [4.78, 5) is 37.9. The number of hydrogen-bond donors (Lipinski definition) is 5. The van der Waals surface area contributed by atoms with Gasteiger partial charge in [0.2, 0.25) is 0 Å². The minimum absolute atomic E-state index is 0.0481. The van der Waals surface area contributed by atoms with Gasteiger partial charge in [-0.2, -0.15) is 0 Å². The van der Waals surface area contributed by atoms with Crippen LogP contribution in [0.5, 0.6) is 0 Å². The smallest absolute Gasteiger partial charge is 0.306 e. The molecule has 0 saturated heterocycles. The van der Waals surface area contributed by atoms with E-state index in [1.165, 1.54) is 6.92 Å². The number of carbonyl (C=O) groups excluding carboxylic acids is 2. The Labute approximate surface area is 219 Å². The predicted molar refractivity (Wildman–Crippen MR) is 135 cm³/mol. The Kier molecular flexibility index (Phi) is 7.32. The summed E-state index contributed by atoms with van der Waals surface area (Å²) in [5.74, 6) is -2.95. The molecule has 0 aromatic carbocycles. The molecule has 37 heavy (non-hydrogen) atoms. The number of ketones is 2. The Morgan fingerprint density at radius 3 is 2.30 bits per heavy atom. The third-order valence-corrected chi connectivity index (χ3v) is 11.4. The summed E-state index contributed by atoms with van der Waals surface area (Å²) in [5.41, 5.74) is -0.957. The van der Waals surface area contributed by atoms with Gasteiger partial charge in [0.25, 0.3) is 0 Å². The maximum absolute atomic E-state index is 14.0. The Morgan fingerprint density at radius 2 is 1.70 bits per heavy atom.